The Balaban J connectivity index is 1.31. The van der Waals surface area contributed by atoms with Crippen molar-refractivity contribution in [1.29, 1.82) is 0 Å². The molecule has 1 heterocycles. The lowest BCUT2D eigenvalue weighted by molar-refractivity contribution is 1.14. The van der Waals surface area contributed by atoms with E-state index >= 15 is 0 Å². The van der Waals surface area contributed by atoms with Crippen molar-refractivity contribution in [1.82, 2.24) is 4.57 Å². The predicted molar refractivity (Wildman–Crippen MR) is 186 cm³/mol. The van der Waals surface area contributed by atoms with Crippen molar-refractivity contribution >= 4 is 64.9 Å². The average molecular weight is 548 g/mol. The zero-order valence-corrected chi connectivity index (χ0v) is 24.2. The van der Waals surface area contributed by atoms with E-state index in [1.165, 1.54) is 92.8 Å². The summed E-state index contributed by atoms with van der Waals surface area (Å²) in [7, 11) is 0. The highest BCUT2D eigenvalue weighted by molar-refractivity contribution is 6.27. The fourth-order valence-corrected chi connectivity index (χ4v) is 7.43. The minimum Gasteiger partial charge on any atom is -0.309 e. The van der Waals surface area contributed by atoms with Crippen molar-refractivity contribution in [3.8, 4) is 16.8 Å². The second-order valence-electron chi connectivity index (χ2n) is 11.8. The fraction of sp³-hybridized carbons (Fsp3) is 0.0476. The molecule has 1 nitrogen and oxygen atoms in total. The van der Waals surface area contributed by atoms with Crippen LogP contribution in [0.3, 0.4) is 0 Å². The standard InChI is InChI=1S/C42H29N/c1-26-23-42(43-40-20-9-7-17-34(40)35-18-8-10-21-41(35)43)27(2)22-36(26)33-19-11-12-28-24-38-31-15-5-3-13-29(31)30-14-4-6-16-32(30)39(38)25-37(28)33/h3-25H,1-2H3. The number of nitrogens with zero attached hydrogens (tertiary/aromatic N) is 1. The van der Waals surface area contributed by atoms with Crippen LogP contribution >= 0.6 is 0 Å². The highest BCUT2D eigenvalue weighted by Crippen LogP contribution is 2.41. The Kier molecular flexibility index (Phi) is 5.10. The number of hydrogen-bond donors (Lipinski definition) is 0. The van der Waals surface area contributed by atoms with Crippen LogP contribution in [0.5, 0.6) is 0 Å². The molecule has 0 saturated carbocycles. The molecule has 0 atom stereocenters. The Labute approximate surface area is 250 Å². The number of fused-ring (bicyclic) bond motifs is 10. The van der Waals surface area contributed by atoms with Crippen molar-refractivity contribution in [2.75, 3.05) is 0 Å². The third kappa shape index (κ3) is 3.46. The van der Waals surface area contributed by atoms with Gasteiger partial charge in [0.1, 0.15) is 0 Å². The molecular weight excluding hydrogens is 518 g/mol. The van der Waals surface area contributed by atoms with Gasteiger partial charge in [-0.3, -0.25) is 0 Å². The van der Waals surface area contributed by atoms with Crippen LogP contribution in [0.25, 0.3) is 81.7 Å². The molecule has 0 spiro atoms. The van der Waals surface area contributed by atoms with Crippen LogP contribution in [-0.4, -0.2) is 4.57 Å². The van der Waals surface area contributed by atoms with Gasteiger partial charge in [0.05, 0.1) is 11.0 Å². The zero-order valence-electron chi connectivity index (χ0n) is 24.2. The predicted octanol–water partition coefficient (Wildman–Crippen LogP) is 11.7. The van der Waals surface area contributed by atoms with Gasteiger partial charge in [0, 0.05) is 16.5 Å². The summed E-state index contributed by atoms with van der Waals surface area (Å²) in [5, 5.41) is 13.0. The quantitative estimate of drug-likeness (QED) is 0.150. The van der Waals surface area contributed by atoms with E-state index in [0.717, 1.165) is 0 Å². The zero-order chi connectivity index (χ0) is 28.7. The molecule has 1 heteroatoms. The topological polar surface area (TPSA) is 4.93 Å². The van der Waals surface area contributed by atoms with Gasteiger partial charge in [-0.05, 0) is 116 Å². The molecule has 0 aliphatic rings. The molecule has 9 aromatic rings. The molecular formula is C42H29N. The molecule has 0 amide bonds. The summed E-state index contributed by atoms with van der Waals surface area (Å²) in [5.41, 5.74) is 8.84. The Bertz CT molecular complexity index is 2530. The summed E-state index contributed by atoms with van der Waals surface area (Å²) in [6, 6.07) is 51.5. The summed E-state index contributed by atoms with van der Waals surface area (Å²) >= 11 is 0. The summed E-state index contributed by atoms with van der Waals surface area (Å²) < 4.78 is 2.44. The van der Waals surface area contributed by atoms with Crippen molar-refractivity contribution in [3.05, 3.63) is 151 Å². The maximum absolute atomic E-state index is 2.44. The van der Waals surface area contributed by atoms with Crippen molar-refractivity contribution in [3.63, 3.8) is 0 Å². The monoisotopic (exact) mass is 547 g/mol. The molecule has 43 heavy (non-hydrogen) atoms. The lowest BCUT2D eigenvalue weighted by Crippen LogP contribution is -1.99. The first-order valence-electron chi connectivity index (χ1n) is 15.0. The van der Waals surface area contributed by atoms with E-state index in [4.69, 9.17) is 0 Å². The smallest absolute Gasteiger partial charge is 0.0541 e. The maximum Gasteiger partial charge on any atom is 0.0541 e. The minimum absolute atomic E-state index is 1.24. The lowest BCUT2D eigenvalue weighted by atomic mass is 9.89. The summed E-state index contributed by atoms with van der Waals surface area (Å²) in [6.45, 7) is 4.51. The molecule has 0 aliphatic heterocycles. The Morgan fingerprint density at radius 3 is 1.47 bits per heavy atom. The van der Waals surface area contributed by atoms with Gasteiger partial charge in [0.2, 0.25) is 0 Å². The highest BCUT2D eigenvalue weighted by Gasteiger charge is 2.17. The van der Waals surface area contributed by atoms with Crippen molar-refractivity contribution < 1.29 is 0 Å². The molecule has 8 aromatic carbocycles. The van der Waals surface area contributed by atoms with Crippen LogP contribution < -0.4 is 0 Å². The second kappa shape index (κ2) is 9.05. The third-order valence-corrected chi connectivity index (χ3v) is 9.40. The van der Waals surface area contributed by atoms with Crippen LogP contribution in [0.2, 0.25) is 0 Å². The first-order chi connectivity index (χ1) is 21.2. The normalized spacial score (nSPS) is 12.0. The molecule has 0 bridgehead atoms. The lowest BCUT2D eigenvalue weighted by Gasteiger charge is -2.18. The SMILES string of the molecule is Cc1cc(-n2c3ccccc3c3ccccc32)c(C)cc1-c1cccc2cc3c4ccccc4c4ccccc4c3cc12. The molecule has 0 fully saturated rings. The summed E-state index contributed by atoms with van der Waals surface area (Å²) in [5.74, 6) is 0. The number of hydrogen-bond acceptors (Lipinski definition) is 0. The van der Waals surface area contributed by atoms with Gasteiger partial charge in [0.25, 0.3) is 0 Å². The van der Waals surface area contributed by atoms with Crippen LogP contribution in [0.4, 0.5) is 0 Å². The number of aromatic nitrogens is 1. The molecule has 0 aliphatic carbocycles. The first kappa shape index (κ1) is 24.2. The third-order valence-electron chi connectivity index (χ3n) is 9.40. The highest BCUT2D eigenvalue weighted by atomic mass is 15.0. The molecule has 0 unspecified atom stereocenters. The molecule has 202 valence electrons. The Morgan fingerprint density at radius 2 is 0.860 bits per heavy atom. The number of benzene rings is 8. The first-order valence-corrected chi connectivity index (χ1v) is 15.0. The van der Waals surface area contributed by atoms with E-state index in [0.29, 0.717) is 0 Å². The van der Waals surface area contributed by atoms with E-state index < -0.39 is 0 Å². The van der Waals surface area contributed by atoms with Crippen LogP contribution in [0.15, 0.2) is 140 Å². The number of aryl methyl sites for hydroxylation is 2. The molecule has 0 radical (unpaired) electrons. The van der Waals surface area contributed by atoms with E-state index in [9.17, 15) is 0 Å². The van der Waals surface area contributed by atoms with E-state index in [1.54, 1.807) is 0 Å². The van der Waals surface area contributed by atoms with Gasteiger partial charge >= 0.3 is 0 Å². The maximum atomic E-state index is 2.44. The van der Waals surface area contributed by atoms with Gasteiger partial charge in [-0.2, -0.15) is 0 Å². The Hall–Kier alpha value is -5.40. The molecule has 0 N–H and O–H groups in total. The van der Waals surface area contributed by atoms with Gasteiger partial charge in [-0.1, -0.05) is 103 Å². The Morgan fingerprint density at radius 1 is 0.349 bits per heavy atom. The van der Waals surface area contributed by atoms with Crippen LogP contribution in [0.1, 0.15) is 11.1 Å². The minimum atomic E-state index is 1.24. The van der Waals surface area contributed by atoms with Gasteiger partial charge in [0.15, 0.2) is 0 Å². The van der Waals surface area contributed by atoms with E-state index in [1.807, 2.05) is 0 Å². The number of rotatable bonds is 2. The van der Waals surface area contributed by atoms with Crippen molar-refractivity contribution in [2.45, 2.75) is 13.8 Å². The average Bonchev–Trinajstić information content (AvgIpc) is 3.39. The van der Waals surface area contributed by atoms with Gasteiger partial charge in [-0.25, -0.2) is 0 Å². The van der Waals surface area contributed by atoms with E-state index in [2.05, 4.69) is 158 Å². The second-order valence-corrected chi connectivity index (χ2v) is 11.8. The summed E-state index contributed by atoms with van der Waals surface area (Å²) in [6.07, 6.45) is 0. The van der Waals surface area contributed by atoms with Gasteiger partial charge < -0.3 is 4.57 Å². The van der Waals surface area contributed by atoms with Crippen LogP contribution in [0, 0.1) is 13.8 Å². The molecule has 1 aromatic heterocycles. The fourth-order valence-electron chi connectivity index (χ4n) is 7.43. The van der Waals surface area contributed by atoms with Crippen LogP contribution in [-0.2, 0) is 0 Å². The van der Waals surface area contributed by atoms with Crippen molar-refractivity contribution in [2.24, 2.45) is 0 Å². The van der Waals surface area contributed by atoms with E-state index in [-0.39, 0.29) is 0 Å². The summed E-state index contributed by atoms with van der Waals surface area (Å²) in [4.78, 5) is 0. The molecule has 9 rings (SSSR count). The van der Waals surface area contributed by atoms with Gasteiger partial charge in [-0.15, -0.1) is 0 Å². The number of para-hydroxylation sites is 2. The molecule has 0 saturated heterocycles. The largest absolute Gasteiger partial charge is 0.309 e.